The summed E-state index contributed by atoms with van der Waals surface area (Å²) in [6.07, 6.45) is 0.811. The Labute approximate surface area is 191 Å². The summed E-state index contributed by atoms with van der Waals surface area (Å²) in [5.41, 5.74) is 2.98. The monoisotopic (exact) mass is 509 g/mol. The number of halogens is 1. The van der Waals surface area contributed by atoms with Gasteiger partial charge in [-0.2, -0.15) is 0 Å². The van der Waals surface area contributed by atoms with Crippen LogP contribution >= 0.6 is 24.0 Å². The van der Waals surface area contributed by atoms with Crippen LogP contribution in [0.25, 0.3) is 0 Å². The fourth-order valence-corrected chi connectivity index (χ4v) is 2.86. The van der Waals surface area contributed by atoms with Crippen LogP contribution in [0.5, 0.6) is 0 Å². The van der Waals surface area contributed by atoms with Gasteiger partial charge in [0.15, 0.2) is 5.96 Å². The molecule has 0 saturated carbocycles. The van der Waals surface area contributed by atoms with Gasteiger partial charge in [-0.1, -0.05) is 30.3 Å². The summed E-state index contributed by atoms with van der Waals surface area (Å²) in [5, 5.41) is 9.36. The van der Waals surface area contributed by atoms with Crippen LogP contribution < -0.4 is 20.9 Å². The lowest BCUT2D eigenvalue weighted by molar-refractivity contribution is 0.0963. The normalized spacial score (nSPS) is 11.8. The maximum Gasteiger partial charge on any atom is 0.251 e. The van der Waals surface area contributed by atoms with Crippen molar-refractivity contribution in [2.45, 2.75) is 19.4 Å². The minimum absolute atomic E-state index is 0. The van der Waals surface area contributed by atoms with Gasteiger partial charge in [-0.25, -0.2) is 0 Å². The van der Waals surface area contributed by atoms with Crippen LogP contribution in [0.2, 0.25) is 0 Å². The third kappa shape index (κ3) is 7.92. The molecule has 6 nitrogen and oxygen atoms in total. The van der Waals surface area contributed by atoms with E-state index in [2.05, 4.69) is 51.9 Å². The molecule has 158 valence electrons. The number of rotatable bonds is 8. The Morgan fingerprint density at radius 3 is 2.48 bits per heavy atom. The van der Waals surface area contributed by atoms with Crippen LogP contribution in [0, 0.1) is 0 Å². The summed E-state index contributed by atoms with van der Waals surface area (Å²) in [6, 6.07) is 18.3. The zero-order valence-electron chi connectivity index (χ0n) is 17.6. The highest BCUT2D eigenvalue weighted by atomic mass is 127. The molecule has 0 aliphatic carbocycles. The highest BCUT2D eigenvalue weighted by molar-refractivity contribution is 14.0. The first-order chi connectivity index (χ1) is 13.5. The van der Waals surface area contributed by atoms with Crippen molar-refractivity contribution in [3.8, 4) is 0 Å². The van der Waals surface area contributed by atoms with Gasteiger partial charge in [0.1, 0.15) is 0 Å². The number of likely N-dealkylation sites (N-methyl/N-ethyl adjacent to an activating group) is 1. The smallest absolute Gasteiger partial charge is 0.251 e. The Balaban J connectivity index is 0.00000420. The molecule has 7 heteroatoms. The van der Waals surface area contributed by atoms with E-state index in [-0.39, 0.29) is 29.9 Å². The van der Waals surface area contributed by atoms with Gasteiger partial charge in [0.2, 0.25) is 0 Å². The van der Waals surface area contributed by atoms with E-state index < -0.39 is 0 Å². The molecule has 2 aromatic carbocycles. The molecule has 0 aliphatic heterocycles. The number of carbonyl (C=O) groups is 1. The number of amides is 1. The van der Waals surface area contributed by atoms with Gasteiger partial charge in [-0.15, -0.1) is 24.0 Å². The standard InChI is InChI=1S/C22H31N5O.HI/c1-17(27(4)20-11-6-5-7-12-20)16-26-22(24-3)25-14-13-18-9-8-10-19(15-18)21(28)23-2;/h5-12,15,17H,13-14,16H2,1-4H3,(H,23,28)(H2,24,25,26);1H. The van der Waals surface area contributed by atoms with Gasteiger partial charge in [-0.3, -0.25) is 9.79 Å². The molecule has 0 aromatic heterocycles. The molecular formula is C22H32IN5O. The van der Waals surface area contributed by atoms with Crippen molar-refractivity contribution in [3.05, 3.63) is 65.7 Å². The van der Waals surface area contributed by atoms with E-state index >= 15 is 0 Å². The molecule has 0 radical (unpaired) electrons. The number of carbonyl (C=O) groups excluding carboxylic acids is 1. The van der Waals surface area contributed by atoms with Crippen molar-refractivity contribution >= 4 is 41.5 Å². The summed E-state index contributed by atoms with van der Waals surface area (Å²) in [7, 11) is 5.51. The predicted octanol–water partition coefficient (Wildman–Crippen LogP) is 2.90. The van der Waals surface area contributed by atoms with Crippen molar-refractivity contribution in [3.63, 3.8) is 0 Å². The minimum atomic E-state index is -0.0659. The Bertz CT molecular complexity index is 782. The molecule has 0 aliphatic rings. The first-order valence-corrected chi connectivity index (χ1v) is 9.58. The van der Waals surface area contributed by atoms with Gasteiger partial charge in [0.25, 0.3) is 5.91 Å². The maximum atomic E-state index is 11.7. The van der Waals surface area contributed by atoms with Crippen molar-refractivity contribution in [2.75, 3.05) is 39.1 Å². The summed E-state index contributed by atoms with van der Waals surface area (Å²) < 4.78 is 0. The Morgan fingerprint density at radius 1 is 1.10 bits per heavy atom. The third-order valence-electron chi connectivity index (χ3n) is 4.74. The van der Waals surface area contributed by atoms with Crippen molar-refractivity contribution in [1.82, 2.24) is 16.0 Å². The SMILES string of the molecule is CN=C(NCCc1cccc(C(=O)NC)c1)NCC(C)N(C)c1ccccc1.I. The summed E-state index contributed by atoms with van der Waals surface area (Å²) in [4.78, 5) is 18.3. The summed E-state index contributed by atoms with van der Waals surface area (Å²) in [5.74, 6) is 0.708. The van der Waals surface area contributed by atoms with Gasteiger partial charge in [0.05, 0.1) is 0 Å². The maximum absolute atomic E-state index is 11.7. The lowest BCUT2D eigenvalue weighted by Crippen LogP contribution is -2.45. The Kier molecular flexibility index (Phi) is 11.1. The molecule has 1 atom stereocenters. The highest BCUT2D eigenvalue weighted by Gasteiger charge is 2.10. The Morgan fingerprint density at radius 2 is 1.83 bits per heavy atom. The minimum Gasteiger partial charge on any atom is -0.370 e. The van der Waals surface area contributed by atoms with Gasteiger partial charge in [-0.05, 0) is 43.2 Å². The van der Waals surface area contributed by atoms with Crippen LogP contribution in [-0.2, 0) is 6.42 Å². The quantitative estimate of drug-likeness (QED) is 0.291. The van der Waals surface area contributed by atoms with E-state index in [0.29, 0.717) is 11.6 Å². The number of para-hydroxylation sites is 1. The fourth-order valence-electron chi connectivity index (χ4n) is 2.86. The number of nitrogens with one attached hydrogen (secondary N) is 3. The van der Waals surface area contributed by atoms with Crippen LogP contribution in [0.1, 0.15) is 22.8 Å². The predicted molar refractivity (Wildman–Crippen MR) is 133 cm³/mol. The first kappa shape index (κ1) is 24.7. The molecule has 0 heterocycles. The molecule has 0 spiro atoms. The lowest BCUT2D eigenvalue weighted by Gasteiger charge is -2.27. The molecule has 2 rings (SSSR count). The van der Waals surface area contributed by atoms with Crippen LogP contribution in [0.15, 0.2) is 59.6 Å². The number of benzene rings is 2. The second kappa shape index (κ2) is 13.0. The number of hydrogen-bond acceptors (Lipinski definition) is 3. The molecule has 1 amide bonds. The average Bonchev–Trinajstić information content (AvgIpc) is 2.75. The zero-order valence-corrected chi connectivity index (χ0v) is 19.9. The van der Waals surface area contributed by atoms with Crippen molar-refractivity contribution in [1.29, 1.82) is 0 Å². The fraction of sp³-hybridized carbons (Fsp3) is 0.364. The third-order valence-corrected chi connectivity index (χ3v) is 4.74. The number of nitrogens with zero attached hydrogens (tertiary/aromatic N) is 2. The molecule has 0 fully saturated rings. The van der Waals surface area contributed by atoms with Crippen LogP contribution in [-0.4, -0.2) is 52.1 Å². The Hall–Kier alpha value is -2.29. The van der Waals surface area contributed by atoms with E-state index in [1.165, 1.54) is 5.69 Å². The van der Waals surface area contributed by atoms with Gasteiger partial charge >= 0.3 is 0 Å². The molecule has 29 heavy (non-hydrogen) atoms. The number of anilines is 1. The summed E-state index contributed by atoms with van der Waals surface area (Å²) >= 11 is 0. The topological polar surface area (TPSA) is 68.8 Å². The number of aliphatic imine (C=N–C) groups is 1. The lowest BCUT2D eigenvalue weighted by atomic mass is 10.1. The first-order valence-electron chi connectivity index (χ1n) is 9.58. The highest BCUT2D eigenvalue weighted by Crippen LogP contribution is 2.13. The van der Waals surface area contributed by atoms with Crippen LogP contribution in [0.3, 0.4) is 0 Å². The second-order valence-corrected chi connectivity index (χ2v) is 6.70. The van der Waals surface area contributed by atoms with E-state index in [1.807, 2.05) is 42.5 Å². The zero-order chi connectivity index (χ0) is 20.4. The van der Waals surface area contributed by atoms with Crippen molar-refractivity contribution < 1.29 is 4.79 Å². The molecule has 1 unspecified atom stereocenters. The van der Waals surface area contributed by atoms with E-state index in [9.17, 15) is 4.79 Å². The van der Waals surface area contributed by atoms with E-state index in [0.717, 1.165) is 31.0 Å². The molecule has 0 bridgehead atoms. The molecule has 2 aromatic rings. The van der Waals surface area contributed by atoms with E-state index in [1.54, 1.807) is 14.1 Å². The second-order valence-electron chi connectivity index (χ2n) is 6.70. The van der Waals surface area contributed by atoms with Gasteiger partial charge in [0, 0.05) is 51.5 Å². The van der Waals surface area contributed by atoms with E-state index in [4.69, 9.17) is 0 Å². The van der Waals surface area contributed by atoms with Crippen molar-refractivity contribution in [2.24, 2.45) is 4.99 Å². The van der Waals surface area contributed by atoms with Gasteiger partial charge < -0.3 is 20.9 Å². The summed E-state index contributed by atoms with van der Waals surface area (Å²) in [6.45, 7) is 3.69. The number of hydrogen-bond donors (Lipinski definition) is 3. The molecule has 0 saturated heterocycles. The molecule has 3 N–H and O–H groups in total. The largest absolute Gasteiger partial charge is 0.370 e. The molecular weight excluding hydrogens is 477 g/mol. The van der Waals surface area contributed by atoms with Crippen LogP contribution in [0.4, 0.5) is 5.69 Å². The average molecular weight is 509 g/mol. The number of guanidine groups is 1.